The van der Waals surface area contributed by atoms with Gasteiger partial charge in [0.05, 0.1) is 0 Å². The van der Waals surface area contributed by atoms with Crippen molar-refractivity contribution in [2.45, 2.75) is 44.9 Å². The van der Waals surface area contributed by atoms with Gasteiger partial charge >= 0.3 is 0 Å². The maximum Gasteiger partial charge on any atom is 0.189 e. The van der Waals surface area contributed by atoms with Gasteiger partial charge in [0.1, 0.15) is 0 Å². The zero-order valence-corrected chi connectivity index (χ0v) is 11.4. The van der Waals surface area contributed by atoms with Crippen molar-refractivity contribution in [3.8, 4) is 0 Å². The lowest BCUT2D eigenvalue weighted by atomic mass is 9.91. The van der Waals surface area contributed by atoms with E-state index in [0.29, 0.717) is 0 Å². The molecule has 19 heavy (non-hydrogen) atoms. The van der Waals surface area contributed by atoms with E-state index in [1.54, 1.807) is 0 Å². The highest BCUT2D eigenvalue weighted by Gasteiger charge is 2.20. The number of benzene rings is 1. The summed E-state index contributed by atoms with van der Waals surface area (Å²) >= 11 is 0. The number of allylic oxidation sites excluding steroid dienone is 2. The van der Waals surface area contributed by atoms with E-state index in [0.717, 1.165) is 55.5 Å². The van der Waals surface area contributed by atoms with Crippen molar-refractivity contribution in [2.24, 2.45) is 0 Å². The first-order chi connectivity index (χ1) is 9.36. The van der Waals surface area contributed by atoms with Crippen LogP contribution in [-0.2, 0) is 6.42 Å². The van der Waals surface area contributed by atoms with Crippen LogP contribution in [0.3, 0.4) is 0 Å². The fourth-order valence-corrected chi connectivity index (χ4v) is 3.12. The molecule has 100 valence electrons. The molecular weight excluding hydrogens is 234 g/mol. The smallest absolute Gasteiger partial charge is 0.189 e. The lowest BCUT2D eigenvalue weighted by molar-refractivity contribution is 0.102. The van der Waals surface area contributed by atoms with Crippen molar-refractivity contribution in [3.63, 3.8) is 0 Å². The number of fused-ring (bicyclic) bond motifs is 1. The third kappa shape index (κ3) is 2.58. The third-order valence-electron chi connectivity index (χ3n) is 4.17. The van der Waals surface area contributed by atoms with E-state index in [-0.39, 0.29) is 5.78 Å². The molecule has 0 fully saturated rings. The topological polar surface area (TPSA) is 29.1 Å². The molecular formula is C17H21NO. The number of rotatable bonds is 2. The molecule has 0 saturated carbocycles. The average molecular weight is 255 g/mol. The van der Waals surface area contributed by atoms with Crippen molar-refractivity contribution in [1.29, 1.82) is 0 Å². The molecule has 0 unspecified atom stereocenters. The highest BCUT2D eigenvalue weighted by molar-refractivity contribution is 6.10. The van der Waals surface area contributed by atoms with Gasteiger partial charge in [-0.15, -0.1) is 0 Å². The molecule has 1 aromatic carbocycles. The average Bonchev–Trinajstić information content (AvgIpc) is 2.75. The third-order valence-corrected chi connectivity index (χ3v) is 4.17. The van der Waals surface area contributed by atoms with Crippen molar-refractivity contribution in [3.05, 3.63) is 41.0 Å². The van der Waals surface area contributed by atoms with Crippen molar-refractivity contribution < 1.29 is 4.79 Å². The van der Waals surface area contributed by atoms with Crippen LogP contribution in [-0.4, -0.2) is 12.3 Å². The number of hydrogen-bond acceptors (Lipinski definition) is 2. The van der Waals surface area contributed by atoms with E-state index in [2.05, 4.69) is 17.5 Å². The number of Topliss-reactive ketones (excluding diaryl/α,β-unsaturated/α-hetero) is 1. The second kappa shape index (κ2) is 5.60. The van der Waals surface area contributed by atoms with E-state index in [4.69, 9.17) is 0 Å². The van der Waals surface area contributed by atoms with Gasteiger partial charge in [0, 0.05) is 17.8 Å². The Hall–Kier alpha value is -1.57. The molecule has 1 aliphatic heterocycles. The summed E-state index contributed by atoms with van der Waals surface area (Å²) in [6.07, 6.45) is 9.97. The van der Waals surface area contributed by atoms with Gasteiger partial charge in [0.15, 0.2) is 5.78 Å². The number of carbonyl (C=O) groups is 1. The van der Waals surface area contributed by atoms with Gasteiger partial charge in [-0.25, -0.2) is 0 Å². The zero-order valence-electron chi connectivity index (χ0n) is 11.4. The second-order valence-corrected chi connectivity index (χ2v) is 5.52. The van der Waals surface area contributed by atoms with Crippen LogP contribution >= 0.6 is 0 Å². The maximum atomic E-state index is 12.7. The van der Waals surface area contributed by atoms with Crippen LogP contribution in [0.15, 0.2) is 29.8 Å². The molecule has 0 aromatic heterocycles. The first kappa shape index (κ1) is 12.5. The summed E-state index contributed by atoms with van der Waals surface area (Å²) < 4.78 is 0. The number of nitrogens with one attached hydrogen (secondary N) is 1. The fourth-order valence-electron chi connectivity index (χ4n) is 3.12. The second-order valence-electron chi connectivity index (χ2n) is 5.52. The first-order valence-electron chi connectivity index (χ1n) is 7.46. The first-order valence-corrected chi connectivity index (χ1v) is 7.46. The predicted octanol–water partition coefficient (Wildman–Crippen LogP) is 4.12. The Kier molecular flexibility index (Phi) is 3.67. The molecule has 1 aromatic rings. The normalized spacial score (nSPS) is 18.8. The summed E-state index contributed by atoms with van der Waals surface area (Å²) in [7, 11) is 0. The summed E-state index contributed by atoms with van der Waals surface area (Å²) in [4.78, 5) is 12.7. The van der Waals surface area contributed by atoms with Crippen LogP contribution in [0, 0.1) is 0 Å². The lowest BCUT2D eigenvalue weighted by Crippen LogP contribution is -2.16. The van der Waals surface area contributed by atoms with Gasteiger partial charge in [-0.2, -0.15) is 0 Å². The molecule has 2 aliphatic rings. The lowest BCUT2D eigenvalue weighted by Gasteiger charge is -2.20. The molecule has 1 heterocycles. The summed E-state index contributed by atoms with van der Waals surface area (Å²) in [6.45, 7) is 1.02. The van der Waals surface area contributed by atoms with Crippen molar-refractivity contribution in [2.75, 3.05) is 11.9 Å². The molecule has 0 spiro atoms. The van der Waals surface area contributed by atoms with E-state index < -0.39 is 0 Å². The number of carbonyl (C=O) groups excluding carboxylic acids is 1. The van der Waals surface area contributed by atoms with Gasteiger partial charge in [-0.05, 0) is 55.7 Å². The molecule has 1 aliphatic carbocycles. The van der Waals surface area contributed by atoms with Crippen LogP contribution in [0.4, 0.5) is 5.69 Å². The molecule has 1 N–H and O–H groups in total. The standard InChI is InChI=1S/C17H21NO/c19-17(13-7-3-1-2-4-8-13)15-9-5-11-16-14(15)10-6-12-18-16/h5,7,9,11,18H,1-4,6,8,10,12H2. The predicted molar refractivity (Wildman–Crippen MR) is 78.8 cm³/mol. The minimum Gasteiger partial charge on any atom is -0.385 e. The van der Waals surface area contributed by atoms with Crippen LogP contribution in [0.5, 0.6) is 0 Å². The van der Waals surface area contributed by atoms with Gasteiger partial charge in [0.2, 0.25) is 0 Å². The monoisotopic (exact) mass is 255 g/mol. The summed E-state index contributed by atoms with van der Waals surface area (Å²) in [5.74, 6) is 0.266. The molecule has 2 heteroatoms. The number of anilines is 1. The Labute approximate surface area is 114 Å². The Morgan fingerprint density at radius 2 is 2.00 bits per heavy atom. The Morgan fingerprint density at radius 1 is 1.05 bits per heavy atom. The van der Waals surface area contributed by atoms with Crippen LogP contribution in [0.25, 0.3) is 0 Å². The molecule has 3 rings (SSSR count). The van der Waals surface area contributed by atoms with Crippen molar-refractivity contribution in [1.82, 2.24) is 0 Å². The van der Waals surface area contributed by atoms with E-state index in [1.165, 1.54) is 18.4 Å². The minimum atomic E-state index is 0.266. The molecule has 0 atom stereocenters. The summed E-state index contributed by atoms with van der Waals surface area (Å²) in [6, 6.07) is 6.09. The molecule has 0 bridgehead atoms. The Balaban J connectivity index is 1.93. The molecule has 2 nitrogen and oxygen atoms in total. The maximum absolute atomic E-state index is 12.7. The Morgan fingerprint density at radius 3 is 2.95 bits per heavy atom. The number of hydrogen-bond donors (Lipinski definition) is 1. The largest absolute Gasteiger partial charge is 0.385 e. The fraction of sp³-hybridized carbons (Fsp3) is 0.471. The Bertz CT molecular complexity index is 516. The van der Waals surface area contributed by atoms with Gasteiger partial charge in [0.25, 0.3) is 0 Å². The minimum absolute atomic E-state index is 0.266. The van der Waals surface area contributed by atoms with E-state index in [1.807, 2.05) is 12.1 Å². The van der Waals surface area contributed by atoms with Crippen LogP contribution < -0.4 is 5.32 Å². The van der Waals surface area contributed by atoms with Crippen molar-refractivity contribution >= 4 is 11.5 Å². The molecule has 0 radical (unpaired) electrons. The summed E-state index contributed by atoms with van der Waals surface area (Å²) in [5.41, 5.74) is 4.35. The molecule has 0 saturated heterocycles. The van der Waals surface area contributed by atoms with Crippen LogP contribution in [0.2, 0.25) is 0 Å². The van der Waals surface area contributed by atoms with Gasteiger partial charge in [-0.3, -0.25) is 4.79 Å². The van der Waals surface area contributed by atoms with E-state index >= 15 is 0 Å². The quantitative estimate of drug-likeness (QED) is 0.805. The zero-order chi connectivity index (χ0) is 13.1. The van der Waals surface area contributed by atoms with Gasteiger partial charge in [-0.1, -0.05) is 24.6 Å². The van der Waals surface area contributed by atoms with Crippen LogP contribution in [0.1, 0.15) is 54.4 Å². The highest BCUT2D eigenvalue weighted by Crippen LogP contribution is 2.29. The summed E-state index contributed by atoms with van der Waals surface area (Å²) in [5, 5.41) is 3.40. The molecule has 0 amide bonds. The van der Waals surface area contributed by atoms with Gasteiger partial charge < -0.3 is 5.32 Å². The number of ketones is 1. The SMILES string of the molecule is O=C(C1=CCCCCC1)c1cccc2c1CCCN2. The highest BCUT2D eigenvalue weighted by atomic mass is 16.1. The van der Waals surface area contributed by atoms with E-state index in [9.17, 15) is 4.79 Å².